The zero-order chi connectivity index (χ0) is 11.0. The number of benzene rings is 1. The van der Waals surface area contributed by atoms with Crippen LogP contribution < -0.4 is 0 Å². The highest BCUT2D eigenvalue weighted by Crippen LogP contribution is 2.23. The van der Waals surface area contributed by atoms with Gasteiger partial charge in [0.2, 0.25) is 0 Å². The average Bonchev–Trinajstić information content (AvgIpc) is 2.75. The number of aromatic nitrogens is 3. The van der Waals surface area contributed by atoms with Crippen molar-refractivity contribution in [1.82, 2.24) is 15.0 Å². The van der Waals surface area contributed by atoms with Gasteiger partial charge in [0, 0.05) is 23.0 Å². The molecule has 0 saturated carbocycles. The van der Waals surface area contributed by atoms with E-state index in [0.717, 1.165) is 22.8 Å². The van der Waals surface area contributed by atoms with Gasteiger partial charge >= 0.3 is 0 Å². The van der Waals surface area contributed by atoms with Crippen LogP contribution in [0.5, 0.6) is 0 Å². The first kappa shape index (κ1) is 9.36. The van der Waals surface area contributed by atoms with Gasteiger partial charge in [-0.2, -0.15) is 0 Å². The van der Waals surface area contributed by atoms with Crippen LogP contribution in [-0.2, 0) is 0 Å². The van der Waals surface area contributed by atoms with Crippen molar-refractivity contribution in [2.24, 2.45) is 0 Å². The highest BCUT2D eigenvalue weighted by molar-refractivity contribution is 6.30. The summed E-state index contributed by atoms with van der Waals surface area (Å²) >= 11 is 5.94. The Morgan fingerprint density at radius 2 is 2.12 bits per heavy atom. The lowest BCUT2D eigenvalue weighted by Crippen LogP contribution is -1.91. The van der Waals surface area contributed by atoms with Crippen molar-refractivity contribution in [3.63, 3.8) is 0 Å². The van der Waals surface area contributed by atoms with E-state index in [-0.39, 0.29) is 0 Å². The van der Waals surface area contributed by atoms with Gasteiger partial charge in [0.1, 0.15) is 0 Å². The minimum atomic E-state index is 0.704. The first-order chi connectivity index (χ1) is 7.83. The van der Waals surface area contributed by atoms with E-state index in [4.69, 9.17) is 11.6 Å². The maximum atomic E-state index is 5.94. The molecule has 0 aromatic heterocycles. The summed E-state index contributed by atoms with van der Waals surface area (Å²) in [7, 11) is 0. The van der Waals surface area contributed by atoms with Gasteiger partial charge in [0.05, 0.1) is 11.4 Å². The number of nitrogens with one attached hydrogen (secondary N) is 1. The fraction of sp³-hybridized carbons (Fsp3) is 0. The summed E-state index contributed by atoms with van der Waals surface area (Å²) in [5.74, 6) is 0.720. The standard InChI is InChI=1S/C12H8ClN3/c13-9-3-1-2-8(6-9)11-7-15-10-4-5-14-12(10)16-11/h1-7,15H. The Bertz CT molecular complexity index is 603. The van der Waals surface area contributed by atoms with Crippen LogP contribution in [0.1, 0.15) is 0 Å². The summed E-state index contributed by atoms with van der Waals surface area (Å²) in [6, 6.07) is 9.49. The lowest BCUT2D eigenvalue weighted by Gasteiger charge is -2.03. The van der Waals surface area contributed by atoms with Crippen LogP contribution in [0, 0.1) is 0 Å². The maximum Gasteiger partial charge on any atom is 0.176 e. The molecule has 0 amide bonds. The molecule has 0 fully saturated rings. The van der Waals surface area contributed by atoms with Gasteiger partial charge < -0.3 is 4.98 Å². The Morgan fingerprint density at radius 3 is 3.00 bits per heavy atom. The second-order valence-electron chi connectivity index (χ2n) is 3.48. The molecule has 0 spiro atoms. The predicted molar refractivity (Wildman–Crippen MR) is 63.5 cm³/mol. The number of nitrogens with zero attached hydrogens (tertiary/aromatic N) is 2. The summed E-state index contributed by atoms with van der Waals surface area (Å²) in [6.45, 7) is 0. The molecule has 3 rings (SSSR count). The molecule has 0 atom stereocenters. The molecule has 3 nitrogen and oxygen atoms in total. The number of aromatic amines is 1. The Labute approximate surface area is 97.5 Å². The third kappa shape index (κ3) is 1.55. The van der Waals surface area contributed by atoms with Crippen LogP contribution in [0.2, 0.25) is 5.02 Å². The molecular formula is C12H8ClN3. The van der Waals surface area contributed by atoms with E-state index in [1.165, 1.54) is 0 Å². The molecule has 0 bridgehead atoms. The number of H-pyrrole nitrogens is 1. The molecule has 16 heavy (non-hydrogen) atoms. The Morgan fingerprint density at radius 1 is 1.19 bits per heavy atom. The first-order valence-corrected chi connectivity index (χ1v) is 5.27. The molecule has 2 aliphatic rings. The zero-order valence-electron chi connectivity index (χ0n) is 8.31. The van der Waals surface area contributed by atoms with E-state index < -0.39 is 0 Å². The van der Waals surface area contributed by atoms with E-state index in [1.807, 2.05) is 36.5 Å². The monoisotopic (exact) mass is 229 g/mol. The predicted octanol–water partition coefficient (Wildman–Crippen LogP) is 3.23. The SMILES string of the molecule is Clc1cccc(-c2c[nH]c3ccnc-3n2)c1. The molecule has 0 aliphatic carbocycles. The highest BCUT2D eigenvalue weighted by atomic mass is 35.5. The van der Waals surface area contributed by atoms with Gasteiger partial charge in [-0.1, -0.05) is 23.7 Å². The van der Waals surface area contributed by atoms with Crippen molar-refractivity contribution in [3.8, 4) is 22.8 Å². The van der Waals surface area contributed by atoms with Crippen molar-refractivity contribution in [2.75, 3.05) is 0 Å². The van der Waals surface area contributed by atoms with Crippen LogP contribution >= 0.6 is 11.6 Å². The van der Waals surface area contributed by atoms with Crippen LogP contribution in [-0.4, -0.2) is 15.0 Å². The van der Waals surface area contributed by atoms with Crippen molar-refractivity contribution in [3.05, 3.63) is 47.7 Å². The van der Waals surface area contributed by atoms with Gasteiger partial charge in [0.25, 0.3) is 0 Å². The molecule has 2 heterocycles. The number of hydrogen-bond acceptors (Lipinski definition) is 2. The van der Waals surface area contributed by atoms with Gasteiger partial charge in [-0.15, -0.1) is 0 Å². The van der Waals surface area contributed by atoms with Crippen molar-refractivity contribution in [1.29, 1.82) is 0 Å². The molecule has 0 radical (unpaired) electrons. The molecule has 0 unspecified atom stereocenters. The summed E-state index contributed by atoms with van der Waals surface area (Å²) in [4.78, 5) is 11.7. The van der Waals surface area contributed by atoms with E-state index in [2.05, 4.69) is 15.0 Å². The van der Waals surface area contributed by atoms with Crippen molar-refractivity contribution < 1.29 is 0 Å². The topological polar surface area (TPSA) is 41.6 Å². The second kappa shape index (κ2) is 3.61. The van der Waals surface area contributed by atoms with Crippen LogP contribution in [0.4, 0.5) is 0 Å². The Balaban J connectivity index is 2.16. The smallest absolute Gasteiger partial charge is 0.176 e. The zero-order valence-corrected chi connectivity index (χ0v) is 9.07. The fourth-order valence-electron chi connectivity index (χ4n) is 1.62. The molecule has 1 N–H and O–H groups in total. The molecule has 1 aromatic carbocycles. The quantitative estimate of drug-likeness (QED) is 0.696. The molecule has 2 aliphatic heterocycles. The molecule has 1 aromatic rings. The van der Waals surface area contributed by atoms with Gasteiger partial charge in [-0.05, 0) is 18.2 Å². The lowest BCUT2D eigenvalue weighted by molar-refractivity contribution is 1.16. The Kier molecular flexibility index (Phi) is 2.11. The number of fused-ring (bicyclic) bond motifs is 1. The summed E-state index contributed by atoms with van der Waals surface area (Å²) in [5.41, 5.74) is 2.76. The van der Waals surface area contributed by atoms with Crippen LogP contribution in [0.15, 0.2) is 42.7 Å². The minimum absolute atomic E-state index is 0.704. The molecule has 4 heteroatoms. The van der Waals surface area contributed by atoms with Gasteiger partial charge in [-0.25, -0.2) is 9.97 Å². The van der Waals surface area contributed by atoms with Crippen molar-refractivity contribution in [2.45, 2.75) is 0 Å². The van der Waals surface area contributed by atoms with E-state index in [9.17, 15) is 0 Å². The van der Waals surface area contributed by atoms with E-state index in [1.54, 1.807) is 6.20 Å². The van der Waals surface area contributed by atoms with Crippen LogP contribution in [0.3, 0.4) is 0 Å². The third-order valence-corrected chi connectivity index (χ3v) is 2.63. The van der Waals surface area contributed by atoms with Gasteiger partial charge in [0.15, 0.2) is 5.82 Å². The fourth-order valence-corrected chi connectivity index (χ4v) is 1.81. The van der Waals surface area contributed by atoms with E-state index >= 15 is 0 Å². The largest absolute Gasteiger partial charge is 0.357 e. The van der Waals surface area contributed by atoms with E-state index in [0.29, 0.717) is 5.02 Å². The normalized spacial score (nSPS) is 10.8. The Hall–Kier alpha value is -1.87. The molecular weight excluding hydrogens is 222 g/mol. The lowest BCUT2D eigenvalue weighted by atomic mass is 10.1. The summed E-state index contributed by atoms with van der Waals surface area (Å²) in [6.07, 6.45) is 3.59. The number of halogens is 1. The third-order valence-electron chi connectivity index (χ3n) is 2.39. The summed E-state index contributed by atoms with van der Waals surface area (Å²) < 4.78 is 0. The minimum Gasteiger partial charge on any atom is -0.357 e. The average molecular weight is 230 g/mol. The molecule has 78 valence electrons. The molecule has 0 saturated heterocycles. The number of rotatable bonds is 1. The number of hydrogen-bond donors (Lipinski definition) is 1. The maximum absolute atomic E-state index is 5.94. The van der Waals surface area contributed by atoms with Crippen LogP contribution in [0.25, 0.3) is 22.8 Å². The van der Waals surface area contributed by atoms with Crippen molar-refractivity contribution >= 4 is 11.6 Å². The first-order valence-electron chi connectivity index (χ1n) is 4.89. The van der Waals surface area contributed by atoms with Gasteiger partial charge in [-0.3, -0.25) is 0 Å². The second-order valence-corrected chi connectivity index (χ2v) is 3.91. The summed E-state index contributed by atoms with van der Waals surface area (Å²) in [5, 5.41) is 0.704. The highest BCUT2D eigenvalue weighted by Gasteiger charge is 2.07.